The highest BCUT2D eigenvalue weighted by molar-refractivity contribution is 6.00. The number of carbonyl (C=O) groups is 1. The normalized spacial score (nSPS) is 19.2. The van der Waals surface area contributed by atoms with Crippen LogP contribution in [0.15, 0.2) is 54.6 Å². The molecule has 18 heavy (non-hydrogen) atoms. The van der Waals surface area contributed by atoms with Gasteiger partial charge in [0.05, 0.1) is 5.92 Å². The second-order valence-corrected chi connectivity index (χ2v) is 4.50. The van der Waals surface area contributed by atoms with Crippen LogP contribution in [-0.2, 0) is 4.79 Å². The van der Waals surface area contributed by atoms with Gasteiger partial charge in [-0.25, -0.2) is 0 Å². The lowest BCUT2D eigenvalue weighted by molar-refractivity contribution is -0.118. The third kappa shape index (κ3) is 1.90. The zero-order valence-electron chi connectivity index (χ0n) is 10.0. The molecule has 0 saturated carbocycles. The van der Waals surface area contributed by atoms with Crippen molar-refractivity contribution in [3.8, 4) is 0 Å². The van der Waals surface area contributed by atoms with Crippen LogP contribution >= 0.6 is 0 Å². The van der Waals surface area contributed by atoms with E-state index in [-0.39, 0.29) is 11.8 Å². The van der Waals surface area contributed by atoms with Crippen LogP contribution in [0, 0.1) is 6.07 Å². The molecular formula is C16H14NO. The van der Waals surface area contributed by atoms with Gasteiger partial charge in [-0.1, -0.05) is 42.5 Å². The minimum absolute atomic E-state index is 0.00593. The largest absolute Gasteiger partial charge is 0.312 e. The molecule has 1 saturated heterocycles. The summed E-state index contributed by atoms with van der Waals surface area (Å²) in [7, 11) is 0. The molecule has 1 atom stereocenters. The van der Waals surface area contributed by atoms with E-state index in [2.05, 4.69) is 6.07 Å². The molecule has 2 nitrogen and oxygen atoms in total. The Morgan fingerprint density at radius 3 is 2.67 bits per heavy atom. The predicted octanol–water partition coefficient (Wildman–Crippen LogP) is 3.01. The van der Waals surface area contributed by atoms with Gasteiger partial charge in [-0.15, -0.1) is 0 Å². The summed E-state index contributed by atoms with van der Waals surface area (Å²) in [5, 5.41) is 0. The Hall–Kier alpha value is -2.09. The molecule has 1 aliphatic heterocycles. The molecule has 1 heterocycles. The Balaban J connectivity index is 1.86. The molecule has 1 fully saturated rings. The van der Waals surface area contributed by atoms with E-state index < -0.39 is 0 Å². The van der Waals surface area contributed by atoms with Gasteiger partial charge in [0.1, 0.15) is 0 Å². The van der Waals surface area contributed by atoms with Crippen LogP contribution in [-0.4, -0.2) is 12.5 Å². The zero-order chi connectivity index (χ0) is 12.4. The smallest absolute Gasteiger partial charge is 0.234 e. The Bertz CT molecular complexity index is 486. The van der Waals surface area contributed by atoms with Gasteiger partial charge >= 0.3 is 0 Å². The van der Waals surface area contributed by atoms with Gasteiger partial charge in [-0.05, 0) is 30.2 Å². The van der Waals surface area contributed by atoms with Gasteiger partial charge < -0.3 is 4.90 Å². The second kappa shape index (κ2) is 4.65. The molecule has 2 aromatic rings. The first kappa shape index (κ1) is 11.0. The fourth-order valence-electron chi connectivity index (χ4n) is 2.48. The number of hydrogen-bond acceptors (Lipinski definition) is 1. The molecule has 0 bridgehead atoms. The number of benzene rings is 2. The maximum Gasteiger partial charge on any atom is 0.234 e. The maximum absolute atomic E-state index is 12.4. The number of carbonyl (C=O) groups excluding carboxylic acids is 1. The summed E-state index contributed by atoms with van der Waals surface area (Å²) < 4.78 is 0. The summed E-state index contributed by atoms with van der Waals surface area (Å²) in [6.45, 7) is 0.788. The standard InChI is InChI=1S/C16H14NO/c18-16-15(13-7-3-1-4-8-13)11-12-17(16)14-9-5-2-6-10-14/h1-5,7-10,15H,11-12H2. The minimum atomic E-state index is 0.00593. The molecule has 2 aromatic carbocycles. The predicted molar refractivity (Wildman–Crippen MR) is 71.4 cm³/mol. The zero-order valence-corrected chi connectivity index (χ0v) is 10.0. The lowest BCUT2D eigenvalue weighted by Gasteiger charge is -2.16. The second-order valence-electron chi connectivity index (χ2n) is 4.50. The minimum Gasteiger partial charge on any atom is -0.312 e. The average molecular weight is 236 g/mol. The molecule has 89 valence electrons. The van der Waals surface area contributed by atoms with Crippen LogP contribution in [0.5, 0.6) is 0 Å². The van der Waals surface area contributed by atoms with Crippen molar-refractivity contribution in [3.63, 3.8) is 0 Å². The molecule has 1 unspecified atom stereocenters. The number of hydrogen-bond donors (Lipinski definition) is 0. The molecule has 1 radical (unpaired) electrons. The Labute approximate surface area is 107 Å². The lowest BCUT2D eigenvalue weighted by atomic mass is 9.98. The van der Waals surface area contributed by atoms with Crippen LogP contribution < -0.4 is 4.90 Å². The van der Waals surface area contributed by atoms with Crippen molar-refractivity contribution in [2.45, 2.75) is 12.3 Å². The Kier molecular flexibility index (Phi) is 2.85. The van der Waals surface area contributed by atoms with Gasteiger partial charge in [-0.3, -0.25) is 4.79 Å². The van der Waals surface area contributed by atoms with Gasteiger partial charge in [-0.2, -0.15) is 0 Å². The van der Waals surface area contributed by atoms with Crippen LogP contribution in [0.3, 0.4) is 0 Å². The Morgan fingerprint density at radius 2 is 1.94 bits per heavy atom. The first-order chi connectivity index (χ1) is 8.86. The fourth-order valence-corrected chi connectivity index (χ4v) is 2.48. The average Bonchev–Trinajstić information content (AvgIpc) is 2.83. The monoisotopic (exact) mass is 236 g/mol. The lowest BCUT2D eigenvalue weighted by Crippen LogP contribution is -2.26. The van der Waals surface area contributed by atoms with Crippen LogP contribution in [0.25, 0.3) is 0 Å². The third-order valence-corrected chi connectivity index (χ3v) is 3.41. The summed E-state index contributed by atoms with van der Waals surface area (Å²) in [4.78, 5) is 14.3. The molecule has 1 aliphatic rings. The van der Waals surface area contributed by atoms with Gasteiger partial charge in [0.25, 0.3) is 0 Å². The van der Waals surface area contributed by atoms with Gasteiger partial charge in [0.15, 0.2) is 0 Å². The van der Waals surface area contributed by atoms with Crippen molar-refractivity contribution < 1.29 is 4.79 Å². The number of anilines is 1. The molecule has 3 rings (SSSR count). The van der Waals surface area contributed by atoms with Crippen LogP contribution in [0.2, 0.25) is 0 Å². The van der Waals surface area contributed by atoms with Crippen LogP contribution in [0.1, 0.15) is 17.9 Å². The van der Waals surface area contributed by atoms with E-state index in [1.807, 2.05) is 59.5 Å². The van der Waals surface area contributed by atoms with Crippen molar-refractivity contribution in [2.24, 2.45) is 0 Å². The summed E-state index contributed by atoms with van der Waals surface area (Å²) in [5.74, 6) is 0.201. The van der Waals surface area contributed by atoms with E-state index in [1.54, 1.807) is 0 Å². The van der Waals surface area contributed by atoms with Gasteiger partial charge in [0, 0.05) is 12.2 Å². The summed E-state index contributed by atoms with van der Waals surface area (Å²) in [6.07, 6.45) is 0.887. The highest BCUT2D eigenvalue weighted by Gasteiger charge is 2.33. The molecule has 0 N–H and O–H groups in total. The number of rotatable bonds is 2. The maximum atomic E-state index is 12.4. The summed E-state index contributed by atoms with van der Waals surface area (Å²) >= 11 is 0. The van der Waals surface area contributed by atoms with E-state index >= 15 is 0 Å². The quantitative estimate of drug-likeness (QED) is 0.785. The third-order valence-electron chi connectivity index (χ3n) is 3.41. The van der Waals surface area contributed by atoms with E-state index in [4.69, 9.17) is 0 Å². The molecule has 0 aliphatic carbocycles. The SMILES string of the molecule is O=C1C(c2ccccc2)CCN1c1c[c]ccc1. The van der Waals surface area contributed by atoms with Crippen LogP contribution in [0.4, 0.5) is 5.69 Å². The Morgan fingerprint density at radius 1 is 1.11 bits per heavy atom. The molecule has 0 spiro atoms. The van der Waals surface area contributed by atoms with E-state index in [1.165, 1.54) is 0 Å². The number of nitrogens with zero attached hydrogens (tertiary/aromatic N) is 1. The van der Waals surface area contributed by atoms with E-state index in [0.29, 0.717) is 0 Å². The highest BCUT2D eigenvalue weighted by atomic mass is 16.2. The number of amides is 1. The fraction of sp³-hybridized carbons (Fsp3) is 0.188. The topological polar surface area (TPSA) is 20.3 Å². The van der Waals surface area contributed by atoms with Crippen molar-refractivity contribution in [1.82, 2.24) is 0 Å². The van der Waals surface area contributed by atoms with Crippen molar-refractivity contribution in [3.05, 3.63) is 66.2 Å². The summed E-state index contributed by atoms with van der Waals surface area (Å²) in [6, 6.07) is 20.6. The van der Waals surface area contributed by atoms with Gasteiger partial charge in [0.2, 0.25) is 5.91 Å². The van der Waals surface area contributed by atoms with E-state index in [0.717, 1.165) is 24.2 Å². The summed E-state index contributed by atoms with van der Waals surface area (Å²) in [5.41, 5.74) is 2.06. The van der Waals surface area contributed by atoms with Crippen molar-refractivity contribution >= 4 is 11.6 Å². The molecular weight excluding hydrogens is 222 g/mol. The van der Waals surface area contributed by atoms with Crippen molar-refractivity contribution in [2.75, 3.05) is 11.4 Å². The molecule has 1 amide bonds. The van der Waals surface area contributed by atoms with Crippen molar-refractivity contribution in [1.29, 1.82) is 0 Å². The highest BCUT2D eigenvalue weighted by Crippen LogP contribution is 2.31. The molecule has 0 aromatic heterocycles. The first-order valence-corrected chi connectivity index (χ1v) is 6.19. The molecule has 2 heteroatoms. The van der Waals surface area contributed by atoms with E-state index in [9.17, 15) is 4.79 Å². The first-order valence-electron chi connectivity index (χ1n) is 6.19.